The van der Waals surface area contributed by atoms with E-state index in [0.717, 1.165) is 17.8 Å². The molecule has 0 atom stereocenters. The molecule has 0 saturated carbocycles. The molecule has 0 heterocycles. The Bertz CT molecular complexity index is 640. The van der Waals surface area contributed by atoms with Crippen LogP contribution in [0.25, 0.3) is 0 Å². The summed E-state index contributed by atoms with van der Waals surface area (Å²) in [5.74, 6) is 0. The Kier molecular flexibility index (Phi) is 4.63. The maximum Gasteiger partial charge on any atom is 0.107 e. The van der Waals surface area contributed by atoms with Crippen molar-refractivity contribution in [2.45, 2.75) is 13.5 Å². The van der Waals surface area contributed by atoms with Crippen LogP contribution in [-0.2, 0) is 6.54 Å². The van der Waals surface area contributed by atoms with Crippen molar-refractivity contribution in [2.75, 3.05) is 11.9 Å². The van der Waals surface area contributed by atoms with Crippen LogP contribution in [0.15, 0.2) is 42.5 Å². The molecule has 0 amide bonds. The fraction of sp³-hybridized carbons (Fsp3) is 0.188. The van der Waals surface area contributed by atoms with E-state index in [2.05, 4.69) is 24.0 Å². The average molecular weight is 305 g/mol. The molecule has 2 N–H and O–H groups in total. The highest BCUT2D eigenvalue weighted by atomic mass is 35.5. The SMILES string of the molecule is Cc1ccccc1CN(C)c1cccc(Cl)c1C(N)=S. The van der Waals surface area contributed by atoms with E-state index >= 15 is 0 Å². The number of anilines is 1. The van der Waals surface area contributed by atoms with E-state index in [1.807, 2.05) is 31.3 Å². The molecule has 0 unspecified atom stereocenters. The largest absolute Gasteiger partial charge is 0.389 e. The van der Waals surface area contributed by atoms with Crippen LogP contribution in [0.1, 0.15) is 16.7 Å². The van der Waals surface area contributed by atoms with Gasteiger partial charge in [0.05, 0.1) is 10.6 Å². The van der Waals surface area contributed by atoms with Gasteiger partial charge in [-0.1, -0.05) is 54.2 Å². The van der Waals surface area contributed by atoms with Gasteiger partial charge in [0, 0.05) is 19.3 Å². The van der Waals surface area contributed by atoms with Crippen molar-refractivity contribution in [2.24, 2.45) is 5.73 Å². The zero-order valence-corrected chi connectivity index (χ0v) is 13.1. The van der Waals surface area contributed by atoms with Gasteiger partial charge in [-0.05, 0) is 30.2 Å². The Morgan fingerprint density at radius 3 is 2.55 bits per heavy atom. The molecule has 0 radical (unpaired) electrons. The van der Waals surface area contributed by atoms with E-state index < -0.39 is 0 Å². The molecular formula is C16H17ClN2S. The van der Waals surface area contributed by atoms with Gasteiger partial charge in [-0.25, -0.2) is 0 Å². The fourth-order valence-corrected chi connectivity index (χ4v) is 2.74. The minimum absolute atomic E-state index is 0.322. The van der Waals surface area contributed by atoms with Crippen LogP contribution < -0.4 is 10.6 Å². The molecule has 20 heavy (non-hydrogen) atoms. The fourth-order valence-electron chi connectivity index (χ4n) is 2.20. The van der Waals surface area contributed by atoms with E-state index in [1.54, 1.807) is 6.07 Å². The lowest BCUT2D eigenvalue weighted by atomic mass is 10.1. The lowest BCUT2D eigenvalue weighted by Gasteiger charge is -2.23. The van der Waals surface area contributed by atoms with Gasteiger partial charge in [-0.2, -0.15) is 0 Å². The molecule has 0 aliphatic heterocycles. The standard InChI is InChI=1S/C16H17ClN2S/c1-11-6-3-4-7-12(11)10-19(2)14-9-5-8-13(17)15(14)16(18)20/h3-9H,10H2,1-2H3,(H2,18,20). The maximum absolute atomic E-state index is 6.21. The monoisotopic (exact) mass is 304 g/mol. The lowest BCUT2D eigenvalue weighted by molar-refractivity contribution is 0.913. The first-order valence-corrected chi connectivity index (χ1v) is 7.13. The highest BCUT2D eigenvalue weighted by Crippen LogP contribution is 2.28. The van der Waals surface area contributed by atoms with Crippen LogP contribution >= 0.6 is 23.8 Å². The van der Waals surface area contributed by atoms with Crippen LogP contribution in [0, 0.1) is 6.92 Å². The van der Waals surface area contributed by atoms with Crippen LogP contribution in [0.2, 0.25) is 5.02 Å². The summed E-state index contributed by atoms with van der Waals surface area (Å²) in [4.78, 5) is 2.44. The van der Waals surface area contributed by atoms with Crippen molar-refractivity contribution in [1.82, 2.24) is 0 Å². The van der Waals surface area contributed by atoms with E-state index in [4.69, 9.17) is 29.6 Å². The third-order valence-electron chi connectivity index (χ3n) is 3.32. The van der Waals surface area contributed by atoms with Crippen LogP contribution in [0.5, 0.6) is 0 Å². The molecule has 2 nitrogen and oxygen atoms in total. The lowest BCUT2D eigenvalue weighted by Crippen LogP contribution is -2.22. The van der Waals surface area contributed by atoms with Crippen molar-refractivity contribution in [3.63, 3.8) is 0 Å². The topological polar surface area (TPSA) is 29.3 Å². The quantitative estimate of drug-likeness (QED) is 0.868. The second-order valence-electron chi connectivity index (χ2n) is 4.78. The number of halogens is 1. The summed E-state index contributed by atoms with van der Waals surface area (Å²) >= 11 is 11.3. The molecule has 4 heteroatoms. The number of hydrogen-bond acceptors (Lipinski definition) is 2. The van der Waals surface area contributed by atoms with E-state index in [1.165, 1.54) is 11.1 Å². The van der Waals surface area contributed by atoms with Gasteiger partial charge in [0.15, 0.2) is 0 Å². The highest BCUT2D eigenvalue weighted by molar-refractivity contribution is 7.80. The first kappa shape index (κ1) is 14.8. The third kappa shape index (κ3) is 3.11. The Morgan fingerprint density at radius 1 is 1.20 bits per heavy atom. The highest BCUT2D eigenvalue weighted by Gasteiger charge is 2.13. The second kappa shape index (κ2) is 6.25. The Balaban J connectivity index is 2.35. The second-order valence-corrected chi connectivity index (χ2v) is 5.63. The molecule has 0 bridgehead atoms. The maximum atomic E-state index is 6.21. The molecule has 0 fully saturated rings. The number of hydrogen-bond donors (Lipinski definition) is 1. The van der Waals surface area contributed by atoms with Crippen LogP contribution in [0.3, 0.4) is 0 Å². The molecule has 2 rings (SSSR count). The summed E-state index contributed by atoms with van der Waals surface area (Å²) in [5.41, 5.74) is 10.0. The summed E-state index contributed by atoms with van der Waals surface area (Å²) in [6.45, 7) is 2.89. The van der Waals surface area contributed by atoms with Gasteiger partial charge in [0.25, 0.3) is 0 Å². The molecular weight excluding hydrogens is 288 g/mol. The van der Waals surface area contributed by atoms with E-state index in [-0.39, 0.29) is 0 Å². The van der Waals surface area contributed by atoms with Crippen molar-refractivity contribution in [3.8, 4) is 0 Å². The molecule has 0 aliphatic carbocycles. The normalized spacial score (nSPS) is 10.3. The van der Waals surface area contributed by atoms with Gasteiger partial charge in [-0.3, -0.25) is 0 Å². The van der Waals surface area contributed by atoms with Crippen molar-refractivity contribution in [1.29, 1.82) is 0 Å². The number of aryl methyl sites for hydroxylation is 1. The molecule has 2 aromatic carbocycles. The van der Waals surface area contributed by atoms with Gasteiger partial charge in [-0.15, -0.1) is 0 Å². The Labute approximate surface area is 130 Å². The number of rotatable bonds is 4. The summed E-state index contributed by atoms with van der Waals surface area (Å²) in [6, 6.07) is 14.0. The first-order valence-electron chi connectivity index (χ1n) is 6.34. The van der Waals surface area contributed by atoms with Gasteiger partial charge in [0.2, 0.25) is 0 Å². The molecule has 0 aromatic heterocycles. The number of nitrogens with two attached hydrogens (primary N) is 1. The minimum Gasteiger partial charge on any atom is -0.389 e. The predicted octanol–water partition coefficient (Wildman–Crippen LogP) is 3.92. The number of nitrogens with zero attached hydrogens (tertiary/aromatic N) is 1. The predicted molar refractivity (Wildman–Crippen MR) is 90.6 cm³/mol. The minimum atomic E-state index is 0.322. The zero-order valence-electron chi connectivity index (χ0n) is 11.6. The molecule has 0 aliphatic rings. The Morgan fingerprint density at radius 2 is 1.90 bits per heavy atom. The van der Waals surface area contributed by atoms with Crippen LogP contribution in [0.4, 0.5) is 5.69 Å². The first-order chi connectivity index (χ1) is 9.50. The third-order valence-corrected chi connectivity index (χ3v) is 3.84. The molecule has 0 spiro atoms. The van der Waals surface area contributed by atoms with Gasteiger partial charge in [0.1, 0.15) is 4.99 Å². The van der Waals surface area contributed by atoms with Crippen molar-refractivity contribution >= 4 is 34.5 Å². The number of thiocarbonyl (C=S) groups is 1. The van der Waals surface area contributed by atoms with E-state index in [9.17, 15) is 0 Å². The van der Waals surface area contributed by atoms with Crippen molar-refractivity contribution < 1.29 is 0 Å². The smallest absolute Gasteiger partial charge is 0.107 e. The Hall–Kier alpha value is -1.58. The molecule has 104 valence electrons. The zero-order chi connectivity index (χ0) is 14.7. The molecule has 0 saturated heterocycles. The van der Waals surface area contributed by atoms with Crippen molar-refractivity contribution in [3.05, 3.63) is 64.2 Å². The summed E-state index contributed by atoms with van der Waals surface area (Å²) < 4.78 is 0. The van der Waals surface area contributed by atoms with E-state index in [0.29, 0.717) is 10.0 Å². The van der Waals surface area contributed by atoms with Gasteiger partial charge >= 0.3 is 0 Å². The molecule has 2 aromatic rings. The summed E-state index contributed by atoms with van der Waals surface area (Å²) in [5, 5.41) is 0.589. The summed E-state index contributed by atoms with van der Waals surface area (Å²) in [7, 11) is 2.01. The van der Waals surface area contributed by atoms with Gasteiger partial charge < -0.3 is 10.6 Å². The number of benzene rings is 2. The average Bonchev–Trinajstić information content (AvgIpc) is 2.40. The summed E-state index contributed by atoms with van der Waals surface area (Å²) in [6.07, 6.45) is 0. The van der Waals surface area contributed by atoms with Crippen LogP contribution in [-0.4, -0.2) is 12.0 Å².